The lowest BCUT2D eigenvalue weighted by Crippen LogP contribution is -2.13. The standard InChI is InChI=1S/C7H7BrN2OS/c8-7-10-5(3-12-7)4-1-6(11)9-2-4/h3-4H,1-2H2,(H,9,11). The van der Waals surface area contributed by atoms with Crippen molar-refractivity contribution in [2.24, 2.45) is 0 Å². The van der Waals surface area contributed by atoms with Gasteiger partial charge in [0.1, 0.15) is 0 Å². The van der Waals surface area contributed by atoms with E-state index in [-0.39, 0.29) is 11.8 Å². The van der Waals surface area contributed by atoms with Crippen molar-refractivity contribution in [3.05, 3.63) is 15.0 Å². The number of nitrogens with one attached hydrogen (secondary N) is 1. The average molecular weight is 247 g/mol. The maximum atomic E-state index is 10.9. The number of thiazole rings is 1. The number of hydrogen-bond donors (Lipinski definition) is 1. The lowest BCUT2D eigenvalue weighted by molar-refractivity contribution is -0.119. The van der Waals surface area contributed by atoms with E-state index in [9.17, 15) is 4.79 Å². The van der Waals surface area contributed by atoms with Crippen molar-refractivity contribution in [2.75, 3.05) is 6.54 Å². The SMILES string of the molecule is O=C1CC(c2csc(Br)n2)CN1. The van der Waals surface area contributed by atoms with Crippen LogP contribution < -0.4 is 5.32 Å². The molecule has 1 aromatic heterocycles. The summed E-state index contributed by atoms with van der Waals surface area (Å²) in [5.74, 6) is 0.407. The fraction of sp³-hybridized carbons (Fsp3) is 0.429. The molecule has 64 valence electrons. The van der Waals surface area contributed by atoms with Crippen molar-refractivity contribution in [3.63, 3.8) is 0 Å². The smallest absolute Gasteiger partial charge is 0.220 e. The summed E-state index contributed by atoms with van der Waals surface area (Å²) in [6.07, 6.45) is 0.580. The molecule has 0 bridgehead atoms. The first-order valence-electron chi connectivity index (χ1n) is 3.63. The zero-order valence-corrected chi connectivity index (χ0v) is 8.61. The molecule has 1 unspecified atom stereocenters. The molecular weight excluding hydrogens is 240 g/mol. The minimum Gasteiger partial charge on any atom is -0.355 e. The third-order valence-electron chi connectivity index (χ3n) is 1.89. The van der Waals surface area contributed by atoms with E-state index in [1.54, 1.807) is 11.3 Å². The molecule has 1 atom stereocenters. The summed E-state index contributed by atoms with van der Waals surface area (Å²) >= 11 is 4.86. The van der Waals surface area contributed by atoms with Crippen LogP contribution in [0.2, 0.25) is 0 Å². The van der Waals surface area contributed by atoms with E-state index < -0.39 is 0 Å². The summed E-state index contributed by atoms with van der Waals surface area (Å²) in [6.45, 7) is 0.731. The van der Waals surface area contributed by atoms with Crippen LogP contribution in [0, 0.1) is 0 Å². The largest absolute Gasteiger partial charge is 0.355 e. The molecule has 1 fully saturated rings. The second-order valence-corrected chi connectivity index (χ2v) is 4.86. The van der Waals surface area contributed by atoms with Crippen LogP contribution in [-0.4, -0.2) is 17.4 Å². The van der Waals surface area contributed by atoms with Gasteiger partial charge in [-0.3, -0.25) is 4.79 Å². The van der Waals surface area contributed by atoms with Crippen LogP contribution in [0.1, 0.15) is 18.0 Å². The molecule has 1 aliphatic rings. The monoisotopic (exact) mass is 246 g/mol. The Morgan fingerprint density at radius 3 is 3.08 bits per heavy atom. The van der Waals surface area contributed by atoms with Crippen LogP contribution in [0.4, 0.5) is 0 Å². The molecule has 2 rings (SSSR count). The molecule has 1 N–H and O–H groups in total. The van der Waals surface area contributed by atoms with Crippen LogP contribution in [-0.2, 0) is 4.79 Å². The highest BCUT2D eigenvalue weighted by atomic mass is 79.9. The molecule has 2 heterocycles. The molecule has 1 aliphatic heterocycles. The fourth-order valence-electron chi connectivity index (χ4n) is 1.27. The van der Waals surface area contributed by atoms with Gasteiger partial charge in [0.05, 0.1) is 5.69 Å². The number of amides is 1. The van der Waals surface area contributed by atoms with E-state index in [2.05, 4.69) is 26.2 Å². The Balaban J connectivity index is 2.15. The maximum Gasteiger partial charge on any atom is 0.220 e. The van der Waals surface area contributed by atoms with Gasteiger partial charge in [-0.1, -0.05) is 0 Å². The average Bonchev–Trinajstić information content (AvgIpc) is 2.58. The minimum absolute atomic E-state index is 0.129. The topological polar surface area (TPSA) is 42.0 Å². The second kappa shape index (κ2) is 3.14. The van der Waals surface area contributed by atoms with Crippen molar-refractivity contribution < 1.29 is 4.79 Å². The molecule has 3 nitrogen and oxygen atoms in total. The van der Waals surface area contributed by atoms with E-state index in [1.165, 1.54) is 0 Å². The summed E-state index contributed by atoms with van der Waals surface area (Å²) in [4.78, 5) is 15.2. The van der Waals surface area contributed by atoms with Crippen molar-refractivity contribution in [3.8, 4) is 0 Å². The van der Waals surface area contributed by atoms with Gasteiger partial charge in [-0.05, 0) is 15.9 Å². The number of aromatic nitrogens is 1. The zero-order chi connectivity index (χ0) is 8.55. The van der Waals surface area contributed by atoms with Gasteiger partial charge in [0, 0.05) is 24.3 Å². The molecule has 0 saturated carbocycles. The zero-order valence-electron chi connectivity index (χ0n) is 6.21. The highest BCUT2D eigenvalue weighted by molar-refractivity contribution is 9.11. The number of carbonyl (C=O) groups is 1. The summed E-state index contributed by atoms with van der Waals surface area (Å²) in [6, 6.07) is 0. The van der Waals surface area contributed by atoms with E-state index in [0.717, 1.165) is 16.2 Å². The van der Waals surface area contributed by atoms with E-state index in [0.29, 0.717) is 6.42 Å². The number of carbonyl (C=O) groups excluding carboxylic acids is 1. The highest BCUT2D eigenvalue weighted by Gasteiger charge is 2.24. The number of nitrogens with zero attached hydrogens (tertiary/aromatic N) is 1. The first-order chi connectivity index (χ1) is 5.75. The van der Waals surface area contributed by atoms with Crippen LogP contribution in [0.15, 0.2) is 9.30 Å². The lowest BCUT2D eigenvalue weighted by atomic mass is 10.1. The molecule has 1 aromatic rings. The van der Waals surface area contributed by atoms with Crippen molar-refractivity contribution in [1.82, 2.24) is 10.3 Å². The van der Waals surface area contributed by atoms with Gasteiger partial charge in [0.15, 0.2) is 3.92 Å². The van der Waals surface area contributed by atoms with Gasteiger partial charge in [-0.2, -0.15) is 0 Å². The third-order valence-corrected chi connectivity index (χ3v) is 3.27. The molecule has 0 spiro atoms. The van der Waals surface area contributed by atoms with Crippen molar-refractivity contribution in [1.29, 1.82) is 0 Å². The lowest BCUT2D eigenvalue weighted by Gasteiger charge is -1.99. The molecule has 0 radical (unpaired) electrons. The predicted molar refractivity (Wildman–Crippen MR) is 50.2 cm³/mol. The molecule has 1 amide bonds. The predicted octanol–water partition coefficient (Wildman–Crippen LogP) is 1.51. The first kappa shape index (κ1) is 8.19. The fourth-order valence-corrected chi connectivity index (χ4v) is 2.37. The molecule has 0 aliphatic carbocycles. The molecule has 0 aromatic carbocycles. The summed E-state index contributed by atoms with van der Waals surface area (Å²) in [5.41, 5.74) is 1.02. The van der Waals surface area contributed by atoms with Gasteiger partial charge in [-0.15, -0.1) is 11.3 Å². The van der Waals surface area contributed by atoms with E-state index >= 15 is 0 Å². The van der Waals surface area contributed by atoms with Gasteiger partial charge in [0.25, 0.3) is 0 Å². The minimum atomic E-state index is 0.129. The second-order valence-electron chi connectivity index (χ2n) is 2.73. The first-order valence-corrected chi connectivity index (χ1v) is 5.30. The summed E-state index contributed by atoms with van der Waals surface area (Å²) in [7, 11) is 0. The molecule has 1 saturated heterocycles. The summed E-state index contributed by atoms with van der Waals surface area (Å²) in [5, 5.41) is 4.78. The normalized spacial score (nSPS) is 22.8. The van der Waals surface area contributed by atoms with Crippen LogP contribution in [0.5, 0.6) is 0 Å². The Labute approximate surface area is 82.3 Å². The Morgan fingerprint density at radius 2 is 2.58 bits per heavy atom. The van der Waals surface area contributed by atoms with E-state index in [1.807, 2.05) is 5.38 Å². The third kappa shape index (κ3) is 1.51. The number of rotatable bonds is 1. The van der Waals surface area contributed by atoms with Crippen LogP contribution >= 0.6 is 27.3 Å². The Morgan fingerprint density at radius 1 is 1.75 bits per heavy atom. The molecular formula is C7H7BrN2OS. The Bertz CT molecular complexity index is 312. The molecule has 5 heteroatoms. The molecule has 12 heavy (non-hydrogen) atoms. The number of halogens is 1. The van der Waals surface area contributed by atoms with Gasteiger partial charge >= 0.3 is 0 Å². The van der Waals surface area contributed by atoms with Crippen LogP contribution in [0.25, 0.3) is 0 Å². The summed E-state index contributed by atoms with van der Waals surface area (Å²) < 4.78 is 0.886. The Hall–Kier alpha value is -0.420. The van der Waals surface area contributed by atoms with E-state index in [4.69, 9.17) is 0 Å². The Kier molecular flexibility index (Phi) is 2.14. The van der Waals surface area contributed by atoms with Gasteiger partial charge < -0.3 is 5.32 Å². The van der Waals surface area contributed by atoms with Gasteiger partial charge in [-0.25, -0.2) is 4.98 Å². The van der Waals surface area contributed by atoms with Crippen molar-refractivity contribution >= 4 is 33.2 Å². The van der Waals surface area contributed by atoms with Crippen LogP contribution in [0.3, 0.4) is 0 Å². The highest BCUT2D eigenvalue weighted by Crippen LogP contribution is 2.26. The van der Waals surface area contributed by atoms with Gasteiger partial charge in [0.2, 0.25) is 5.91 Å². The number of hydrogen-bond acceptors (Lipinski definition) is 3. The maximum absolute atomic E-state index is 10.9. The van der Waals surface area contributed by atoms with Crippen molar-refractivity contribution in [2.45, 2.75) is 12.3 Å². The quantitative estimate of drug-likeness (QED) is 0.817.